The number of hydrogen-bond acceptors (Lipinski definition) is 3. The maximum absolute atomic E-state index is 8.86. The molecule has 156 valence electrons. The molecule has 0 fully saturated rings. The van der Waals surface area contributed by atoms with E-state index in [9.17, 15) is 0 Å². The molecule has 0 aliphatic heterocycles. The van der Waals surface area contributed by atoms with Gasteiger partial charge in [-0.2, -0.15) is 0 Å². The molecule has 1 atom stereocenters. The summed E-state index contributed by atoms with van der Waals surface area (Å²) in [6.07, 6.45) is 16.6. The summed E-state index contributed by atoms with van der Waals surface area (Å²) >= 11 is 0.0736. The maximum Gasteiger partial charge on any atom is 0.214 e. The van der Waals surface area contributed by atoms with Crippen LogP contribution in [0.1, 0.15) is 103 Å². The van der Waals surface area contributed by atoms with E-state index in [1.165, 1.54) is 64.2 Å². The fourth-order valence-electron chi connectivity index (χ4n) is 2.86. The van der Waals surface area contributed by atoms with Gasteiger partial charge in [-0.25, -0.2) is 10.1 Å². The SMILES string of the molecule is CCCCCCC[CH2][Sn][CH2]CCCCCCC.OOC(O)c1ccccc1. The Kier molecular flexibility index (Phi) is 22.1. The Morgan fingerprint density at radius 2 is 1.19 bits per heavy atom. The molecule has 0 aromatic heterocycles. The summed E-state index contributed by atoms with van der Waals surface area (Å²) in [6.45, 7) is 4.60. The third-order valence-corrected chi connectivity index (χ3v) is 8.64. The van der Waals surface area contributed by atoms with Crippen LogP contribution in [0.2, 0.25) is 8.87 Å². The Balaban J connectivity index is 0.000000569. The summed E-state index contributed by atoms with van der Waals surface area (Å²) in [6, 6.07) is 8.62. The van der Waals surface area contributed by atoms with Crippen molar-refractivity contribution in [2.75, 3.05) is 0 Å². The predicted molar refractivity (Wildman–Crippen MR) is 117 cm³/mol. The third-order valence-electron chi connectivity index (χ3n) is 4.60. The number of aliphatic hydroxyl groups is 1. The molecule has 1 unspecified atom stereocenters. The van der Waals surface area contributed by atoms with Crippen molar-refractivity contribution in [3.05, 3.63) is 35.9 Å². The molecule has 3 nitrogen and oxygen atoms in total. The van der Waals surface area contributed by atoms with Crippen molar-refractivity contribution in [2.24, 2.45) is 0 Å². The van der Waals surface area contributed by atoms with Gasteiger partial charge in [-0.05, 0) is 0 Å². The summed E-state index contributed by atoms with van der Waals surface area (Å²) in [5.74, 6) is 0. The molecule has 0 aliphatic carbocycles. The van der Waals surface area contributed by atoms with Crippen LogP contribution >= 0.6 is 0 Å². The molecule has 0 saturated heterocycles. The molecule has 1 rings (SSSR count). The second kappa shape index (κ2) is 22.2. The van der Waals surface area contributed by atoms with Crippen molar-refractivity contribution in [1.82, 2.24) is 0 Å². The van der Waals surface area contributed by atoms with Gasteiger partial charge in [0.15, 0.2) is 0 Å². The van der Waals surface area contributed by atoms with Crippen molar-refractivity contribution in [1.29, 1.82) is 0 Å². The number of unbranched alkanes of at least 4 members (excludes halogenated alkanes) is 10. The van der Waals surface area contributed by atoms with Crippen molar-refractivity contribution >= 4 is 21.1 Å². The van der Waals surface area contributed by atoms with E-state index >= 15 is 0 Å². The minimum absolute atomic E-state index is 0.0736. The smallest absolute Gasteiger partial charge is 0.214 e. The van der Waals surface area contributed by atoms with Crippen molar-refractivity contribution in [3.8, 4) is 0 Å². The first kappa shape index (κ1) is 26.9. The van der Waals surface area contributed by atoms with Crippen LogP contribution in [0.5, 0.6) is 0 Å². The molecule has 1 aromatic carbocycles. The van der Waals surface area contributed by atoms with E-state index in [-0.39, 0.29) is 21.1 Å². The zero-order valence-electron chi connectivity index (χ0n) is 17.7. The van der Waals surface area contributed by atoms with Gasteiger partial charge in [-0.3, -0.25) is 0 Å². The van der Waals surface area contributed by atoms with Crippen molar-refractivity contribution in [2.45, 2.75) is 106 Å². The number of rotatable bonds is 16. The molecule has 0 aliphatic rings. The predicted octanol–water partition coefficient (Wildman–Crippen LogP) is 7.42. The minimum Gasteiger partial charge on any atom is -0.362 e. The van der Waals surface area contributed by atoms with Crippen molar-refractivity contribution < 1.29 is 15.3 Å². The normalized spacial score (nSPS) is 11.7. The zero-order chi connectivity index (χ0) is 20.0. The van der Waals surface area contributed by atoms with Crippen molar-refractivity contribution in [3.63, 3.8) is 0 Å². The number of aliphatic hydroxyl groups excluding tert-OH is 1. The molecule has 0 amide bonds. The van der Waals surface area contributed by atoms with E-state index in [1.807, 2.05) is 6.07 Å². The summed E-state index contributed by atoms with van der Waals surface area (Å²) < 4.78 is 3.31. The second-order valence-electron chi connectivity index (χ2n) is 7.15. The fraction of sp³-hybridized carbons (Fsp3) is 0.739. The molecule has 2 N–H and O–H groups in total. The quantitative estimate of drug-likeness (QED) is 0.0843. The van der Waals surface area contributed by atoms with Gasteiger partial charge in [-0.1, -0.05) is 30.3 Å². The van der Waals surface area contributed by atoms with Crippen LogP contribution in [-0.2, 0) is 4.89 Å². The molecular weight excluding hydrogens is 443 g/mol. The van der Waals surface area contributed by atoms with E-state index in [1.54, 1.807) is 46.0 Å². The molecule has 1 aromatic rings. The molecule has 0 bridgehead atoms. The van der Waals surface area contributed by atoms with E-state index in [0.717, 1.165) is 0 Å². The first-order valence-electron chi connectivity index (χ1n) is 11.0. The molecule has 0 heterocycles. The molecule has 0 spiro atoms. The number of benzene rings is 1. The Morgan fingerprint density at radius 1 is 0.741 bits per heavy atom. The largest absolute Gasteiger partial charge is 0.362 e. The van der Waals surface area contributed by atoms with Gasteiger partial charge in [0.25, 0.3) is 0 Å². The minimum atomic E-state index is -1.24. The van der Waals surface area contributed by atoms with E-state index in [0.29, 0.717) is 5.56 Å². The standard InChI is InChI=1S/2C8H17.C7H8O3.Sn/c2*1-3-5-7-8-6-4-2;8-7(10-9)6-4-2-1-3-5-6;/h2*1,3-8H2,2H3;1-5,7-9H;. The van der Waals surface area contributed by atoms with Gasteiger partial charge < -0.3 is 5.11 Å². The summed E-state index contributed by atoms with van der Waals surface area (Å²) in [5, 5.41) is 16.9. The van der Waals surface area contributed by atoms with Crippen LogP contribution < -0.4 is 0 Å². The van der Waals surface area contributed by atoms with Crippen LogP contribution in [0.15, 0.2) is 30.3 Å². The molecule has 2 radical (unpaired) electrons. The average Bonchev–Trinajstić information content (AvgIpc) is 2.72. The third kappa shape index (κ3) is 19.0. The monoisotopic (exact) mass is 486 g/mol. The van der Waals surface area contributed by atoms with E-state index in [2.05, 4.69) is 18.7 Å². The average molecular weight is 485 g/mol. The Hall–Kier alpha value is -0.101. The topological polar surface area (TPSA) is 49.7 Å². The van der Waals surface area contributed by atoms with E-state index in [4.69, 9.17) is 10.4 Å². The van der Waals surface area contributed by atoms with Gasteiger partial charge in [0, 0.05) is 5.56 Å². The van der Waals surface area contributed by atoms with Gasteiger partial charge in [-0.15, -0.1) is 0 Å². The molecule has 27 heavy (non-hydrogen) atoms. The first-order chi connectivity index (χ1) is 13.3. The Bertz CT molecular complexity index is 372. The summed E-state index contributed by atoms with van der Waals surface area (Å²) in [7, 11) is 0. The Labute approximate surface area is 178 Å². The van der Waals surface area contributed by atoms with Crippen LogP contribution in [0.3, 0.4) is 0 Å². The van der Waals surface area contributed by atoms with E-state index < -0.39 is 6.29 Å². The summed E-state index contributed by atoms with van der Waals surface area (Å²) in [4.78, 5) is 3.69. The van der Waals surface area contributed by atoms with Crippen LogP contribution in [0.4, 0.5) is 0 Å². The molecule has 0 saturated carbocycles. The second-order valence-corrected chi connectivity index (χ2v) is 11.4. The zero-order valence-corrected chi connectivity index (χ0v) is 20.5. The number of hydrogen-bond donors (Lipinski definition) is 2. The maximum atomic E-state index is 8.86. The van der Waals surface area contributed by atoms with Gasteiger partial charge >= 0.3 is 121 Å². The Morgan fingerprint density at radius 3 is 1.63 bits per heavy atom. The van der Waals surface area contributed by atoms with Gasteiger partial charge in [0.2, 0.25) is 6.29 Å². The van der Waals surface area contributed by atoms with Crippen LogP contribution in [0, 0.1) is 0 Å². The van der Waals surface area contributed by atoms with Crippen LogP contribution in [-0.4, -0.2) is 31.5 Å². The fourth-order valence-corrected chi connectivity index (χ4v) is 6.43. The van der Waals surface area contributed by atoms with Gasteiger partial charge in [0.1, 0.15) is 0 Å². The first-order valence-corrected chi connectivity index (χ1v) is 15.0. The summed E-state index contributed by atoms with van der Waals surface area (Å²) in [5.41, 5.74) is 0.532. The molecular formula is C23H42O3Sn. The van der Waals surface area contributed by atoms with Gasteiger partial charge in [0.05, 0.1) is 0 Å². The molecule has 4 heteroatoms. The van der Waals surface area contributed by atoms with Crippen LogP contribution in [0.25, 0.3) is 0 Å².